The Labute approximate surface area is 197 Å². The second-order valence-corrected chi connectivity index (χ2v) is 10.3. The van der Waals surface area contributed by atoms with Crippen LogP contribution in [0.4, 0.5) is 4.39 Å². The molecule has 3 aromatic rings. The van der Waals surface area contributed by atoms with Gasteiger partial charge in [0.25, 0.3) is 0 Å². The van der Waals surface area contributed by atoms with Crippen molar-refractivity contribution in [3.8, 4) is 0 Å². The molecule has 0 aliphatic heterocycles. The molecule has 1 saturated carbocycles. The van der Waals surface area contributed by atoms with Crippen LogP contribution in [-0.4, -0.2) is 0 Å². The molecule has 2 aromatic carbocycles. The first-order valence-electron chi connectivity index (χ1n) is 12.7. The van der Waals surface area contributed by atoms with Gasteiger partial charge in [0.15, 0.2) is 16.1 Å². The van der Waals surface area contributed by atoms with Gasteiger partial charge in [-0.3, -0.25) is 0 Å². The molecule has 1 aliphatic rings. The van der Waals surface area contributed by atoms with E-state index in [4.69, 9.17) is 16.6 Å². The average molecular weight is 453 g/mol. The van der Waals surface area contributed by atoms with Gasteiger partial charge in [-0.05, 0) is 79.2 Å². The van der Waals surface area contributed by atoms with Gasteiger partial charge < -0.3 is 4.42 Å². The molecule has 0 atom stereocenters. The molecular weight excluding hydrogens is 415 g/mol. The summed E-state index contributed by atoms with van der Waals surface area (Å²) in [5.41, 5.74) is 2.22. The predicted octanol–water partition coefficient (Wildman–Crippen LogP) is 10.2. The zero-order valence-corrected chi connectivity index (χ0v) is 20.5. The molecule has 0 N–H and O–H groups in total. The van der Waals surface area contributed by atoms with E-state index in [1.807, 2.05) is 12.1 Å². The minimum Gasteiger partial charge on any atom is -0.441 e. The van der Waals surface area contributed by atoms with Gasteiger partial charge >= 0.3 is 0 Å². The lowest BCUT2D eigenvalue weighted by Gasteiger charge is -2.29. The maximum atomic E-state index is 14.6. The molecule has 0 bridgehead atoms. The van der Waals surface area contributed by atoms with Crippen LogP contribution in [0.5, 0.6) is 0 Å². The monoisotopic (exact) mass is 452 g/mol. The summed E-state index contributed by atoms with van der Waals surface area (Å²) in [4.78, 5) is 0. The molecule has 0 amide bonds. The highest BCUT2D eigenvalue weighted by Gasteiger charge is 2.23. The minimum atomic E-state index is -0.307. The Morgan fingerprint density at radius 2 is 1.56 bits per heavy atom. The van der Waals surface area contributed by atoms with Gasteiger partial charge in [-0.15, -0.1) is 0 Å². The predicted molar refractivity (Wildman–Crippen MR) is 137 cm³/mol. The van der Waals surface area contributed by atoms with E-state index >= 15 is 0 Å². The number of hydrogen-bond donors (Lipinski definition) is 0. The number of benzene rings is 2. The third kappa shape index (κ3) is 5.25. The van der Waals surface area contributed by atoms with Crippen molar-refractivity contribution < 1.29 is 8.81 Å². The highest BCUT2D eigenvalue weighted by molar-refractivity contribution is 7.71. The Balaban J connectivity index is 1.38. The standard InChI is InChI=1S/C29H37FOS/c1-3-4-5-6-7-8-9-10-21-12-14-22(15-13-21)23-16-18-24-25-17-11-20(2)27(30)28(25)31-29(32)26(24)19-23/h11,16-19,21-22H,3-10,12-15H2,1-2H3. The third-order valence-electron chi connectivity index (χ3n) is 7.57. The molecule has 172 valence electrons. The van der Waals surface area contributed by atoms with E-state index in [0.717, 1.165) is 22.1 Å². The van der Waals surface area contributed by atoms with Crippen molar-refractivity contribution in [2.45, 2.75) is 96.8 Å². The molecule has 0 radical (unpaired) electrons. The summed E-state index contributed by atoms with van der Waals surface area (Å²) in [6.45, 7) is 4.04. The SMILES string of the molecule is CCCCCCCCCC1CCC(c2ccc3c(c2)c(=S)oc2c(F)c(C)ccc23)CC1. The molecule has 1 aromatic heterocycles. The summed E-state index contributed by atoms with van der Waals surface area (Å²) in [5.74, 6) is 1.20. The van der Waals surface area contributed by atoms with E-state index < -0.39 is 0 Å². The van der Waals surface area contributed by atoms with E-state index in [1.54, 1.807) is 6.92 Å². The first-order valence-corrected chi connectivity index (χ1v) is 13.1. The van der Waals surface area contributed by atoms with Crippen LogP contribution < -0.4 is 0 Å². The molecule has 1 fully saturated rings. The number of hydrogen-bond acceptors (Lipinski definition) is 2. The topological polar surface area (TPSA) is 13.1 Å². The summed E-state index contributed by atoms with van der Waals surface area (Å²) in [5, 5.41) is 2.74. The van der Waals surface area contributed by atoms with Crippen LogP contribution in [0.1, 0.15) is 101 Å². The van der Waals surface area contributed by atoms with Crippen LogP contribution in [0, 0.1) is 23.4 Å². The van der Waals surface area contributed by atoms with Crippen LogP contribution in [0.15, 0.2) is 34.7 Å². The maximum Gasteiger partial charge on any atom is 0.198 e. The smallest absolute Gasteiger partial charge is 0.198 e. The fourth-order valence-corrected chi connectivity index (χ4v) is 5.76. The first-order chi connectivity index (χ1) is 15.6. The Morgan fingerprint density at radius 1 is 0.875 bits per heavy atom. The lowest BCUT2D eigenvalue weighted by Crippen LogP contribution is -2.13. The molecule has 0 unspecified atom stereocenters. The lowest BCUT2D eigenvalue weighted by atomic mass is 9.76. The molecular formula is C29H37FOS. The summed E-state index contributed by atoms with van der Waals surface area (Å²) in [6, 6.07) is 10.3. The van der Waals surface area contributed by atoms with Crippen molar-refractivity contribution in [3.05, 3.63) is 52.0 Å². The molecule has 0 spiro atoms. The van der Waals surface area contributed by atoms with Crippen molar-refractivity contribution in [1.82, 2.24) is 0 Å². The number of unbranched alkanes of at least 4 members (excludes halogenated alkanes) is 6. The number of halogens is 1. The van der Waals surface area contributed by atoms with E-state index in [0.29, 0.717) is 16.2 Å². The van der Waals surface area contributed by atoms with Gasteiger partial charge in [0.1, 0.15) is 0 Å². The Kier molecular flexibility index (Phi) is 7.99. The van der Waals surface area contributed by atoms with E-state index in [9.17, 15) is 4.39 Å². The normalized spacial score (nSPS) is 19.1. The van der Waals surface area contributed by atoms with Crippen LogP contribution in [0.2, 0.25) is 0 Å². The summed E-state index contributed by atoms with van der Waals surface area (Å²) in [6.07, 6.45) is 16.4. The molecule has 1 aliphatic carbocycles. The first kappa shape index (κ1) is 23.4. The van der Waals surface area contributed by atoms with Gasteiger partial charge in [0.2, 0.25) is 0 Å². The Bertz CT molecular complexity index is 1110. The van der Waals surface area contributed by atoms with Crippen LogP contribution in [0.25, 0.3) is 21.7 Å². The number of fused-ring (bicyclic) bond motifs is 3. The van der Waals surface area contributed by atoms with Gasteiger partial charge in [0.05, 0.1) is 0 Å². The van der Waals surface area contributed by atoms with Crippen molar-refractivity contribution in [2.75, 3.05) is 0 Å². The van der Waals surface area contributed by atoms with Crippen molar-refractivity contribution in [3.63, 3.8) is 0 Å². The molecule has 0 saturated heterocycles. The van der Waals surface area contributed by atoms with Gasteiger partial charge in [-0.2, -0.15) is 0 Å². The van der Waals surface area contributed by atoms with E-state index in [2.05, 4.69) is 25.1 Å². The Morgan fingerprint density at radius 3 is 2.31 bits per heavy atom. The zero-order valence-electron chi connectivity index (χ0n) is 19.7. The summed E-state index contributed by atoms with van der Waals surface area (Å²) < 4.78 is 20.7. The fraction of sp³-hybridized carbons (Fsp3) is 0.552. The Hall–Kier alpha value is -1.74. The highest BCUT2D eigenvalue weighted by Crippen LogP contribution is 2.39. The second-order valence-electron chi connectivity index (χ2n) is 9.90. The molecule has 3 heteroatoms. The van der Waals surface area contributed by atoms with Crippen LogP contribution in [-0.2, 0) is 0 Å². The van der Waals surface area contributed by atoms with Crippen molar-refractivity contribution in [1.29, 1.82) is 0 Å². The van der Waals surface area contributed by atoms with Crippen molar-refractivity contribution >= 4 is 34.0 Å². The summed E-state index contributed by atoms with van der Waals surface area (Å²) in [7, 11) is 0. The van der Waals surface area contributed by atoms with E-state index in [-0.39, 0.29) is 11.4 Å². The minimum absolute atomic E-state index is 0.279. The molecule has 4 rings (SSSR count). The quantitative estimate of drug-likeness (QED) is 0.182. The van der Waals surface area contributed by atoms with E-state index in [1.165, 1.54) is 82.6 Å². The van der Waals surface area contributed by atoms with Crippen LogP contribution in [0.3, 0.4) is 0 Å². The average Bonchev–Trinajstić information content (AvgIpc) is 2.81. The van der Waals surface area contributed by atoms with Gasteiger partial charge in [0, 0.05) is 10.8 Å². The highest BCUT2D eigenvalue weighted by atomic mass is 32.1. The molecule has 1 nitrogen and oxygen atoms in total. The molecule has 1 heterocycles. The number of rotatable bonds is 9. The summed E-state index contributed by atoms with van der Waals surface area (Å²) >= 11 is 5.52. The maximum absolute atomic E-state index is 14.6. The zero-order chi connectivity index (χ0) is 22.5. The molecule has 32 heavy (non-hydrogen) atoms. The fourth-order valence-electron chi connectivity index (χ4n) is 5.51. The van der Waals surface area contributed by atoms with Gasteiger partial charge in [-0.1, -0.05) is 82.6 Å². The largest absolute Gasteiger partial charge is 0.441 e. The third-order valence-corrected chi connectivity index (χ3v) is 7.88. The number of aryl methyl sites for hydroxylation is 1. The van der Waals surface area contributed by atoms with Crippen molar-refractivity contribution in [2.24, 2.45) is 5.92 Å². The second kappa shape index (κ2) is 10.9. The van der Waals surface area contributed by atoms with Gasteiger partial charge in [-0.25, -0.2) is 4.39 Å². The lowest BCUT2D eigenvalue weighted by molar-refractivity contribution is 0.302. The van der Waals surface area contributed by atoms with Crippen LogP contribution >= 0.6 is 12.2 Å².